The van der Waals surface area contributed by atoms with Crippen LogP contribution in [0.15, 0.2) is 24.3 Å². The summed E-state index contributed by atoms with van der Waals surface area (Å²) in [5.41, 5.74) is 1.19. The van der Waals surface area contributed by atoms with Gasteiger partial charge in [0.05, 0.1) is 7.11 Å². The summed E-state index contributed by atoms with van der Waals surface area (Å²) >= 11 is 0. The molecule has 1 N–H and O–H groups in total. The zero-order valence-electron chi connectivity index (χ0n) is 9.58. The second-order valence-electron chi connectivity index (χ2n) is 4.32. The summed E-state index contributed by atoms with van der Waals surface area (Å²) in [5, 5.41) is 3.07. The molecule has 2 atom stereocenters. The Morgan fingerprint density at radius 1 is 1.38 bits per heavy atom. The van der Waals surface area contributed by atoms with E-state index >= 15 is 0 Å². The van der Waals surface area contributed by atoms with Crippen LogP contribution in [0.4, 0.5) is 4.39 Å². The van der Waals surface area contributed by atoms with Gasteiger partial charge in [0.15, 0.2) is 0 Å². The Bertz CT molecular complexity index is 325. The molecule has 2 unspecified atom stereocenters. The minimum atomic E-state index is -0.712. The first-order valence-corrected chi connectivity index (χ1v) is 5.77. The summed E-state index contributed by atoms with van der Waals surface area (Å²) in [6.45, 7) is 1.43. The highest BCUT2D eigenvalue weighted by Crippen LogP contribution is 2.22. The van der Waals surface area contributed by atoms with Crippen LogP contribution in [0.25, 0.3) is 0 Å². The van der Waals surface area contributed by atoms with Crippen molar-refractivity contribution in [3.8, 4) is 5.75 Å². The molecular weight excluding hydrogens is 205 g/mol. The van der Waals surface area contributed by atoms with Gasteiger partial charge in [0.25, 0.3) is 0 Å². The van der Waals surface area contributed by atoms with Crippen molar-refractivity contribution in [1.29, 1.82) is 0 Å². The minimum absolute atomic E-state index is 0.162. The van der Waals surface area contributed by atoms with Crippen LogP contribution in [0.5, 0.6) is 5.75 Å². The second kappa shape index (κ2) is 5.30. The number of hydrogen-bond donors (Lipinski definition) is 1. The molecule has 0 radical (unpaired) electrons. The fourth-order valence-electron chi connectivity index (χ4n) is 2.17. The predicted octanol–water partition coefficient (Wildman–Crippen LogP) is 2.19. The Kier molecular flexibility index (Phi) is 3.78. The Labute approximate surface area is 95.8 Å². The molecule has 0 aromatic heterocycles. The first kappa shape index (κ1) is 11.4. The lowest BCUT2D eigenvalue weighted by Gasteiger charge is -2.26. The summed E-state index contributed by atoms with van der Waals surface area (Å²) in [5.74, 6) is 1.01. The van der Waals surface area contributed by atoms with Crippen LogP contribution in [0.1, 0.15) is 12.0 Å². The molecule has 1 aliphatic heterocycles. The molecule has 1 saturated heterocycles. The van der Waals surface area contributed by atoms with Crippen molar-refractivity contribution < 1.29 is 9.13 Å². The molecule has 0 bridgehead atoms. The Morgan fingerprint density at radius 2 is 2.12 bits per heavy atom. The molecule has 0 aliphatic carbocycles. The smallest absolute Gasteiger partial charge is 0.118 e. The fourth-order valence-corrected chi connectivity index (χ4v) is 2.17. The minimum Gasteiger partial charge on any atom is -0.497 e. The second-order valence-corrected chi connectivity index (χ2v) is 4.32. The molecule has 2 nitrogen and oxygen atoms in total. The SMILES string of the molecule is COc1ccc(CC2CCNCC2F)cc1. The molecule has 1 aliphatic rings. The van der Waals surface area contributed by atoms with Crippen molar-refractivity contribution in [1.82, 2.24) is 5.32 Å². The van der Waals surface area contributed by atoms with Gasteiger partial charge in [0, 0.05) is 6.54 Å². The van der Waals surface area contributed by atoms with Gasteiger partial charge < -0.3 is 10.1 Å². The maximum absolute atomic E-state index is 13.6. The molecule has 1 aromatic carbocycles. The molecule has 0 spiro atoms. The van der Waals surface area contributed by atoms with E-state index in [1.54, 1.807) is 7.11 Å². The van der Waals surface area contributed by atoms with E-state index in [0.29, 0.717) is 6.54 Å². The fraction of sp³-hybridized carbons (Fsp3) is 0.538. The van der Waals surface area contributed by atoms with Gasteiger partial charge in [-0.05, 0) is 43.0 Å². The number of alkyl halides is 1. The van der Waals surface area contributed by atoms with Crippen molar-refractivity contribution in [3.05, 3.63) is 29.8 Å². The van der Waals surface area contributed by atoms with Gasteiger partial charge in [-0.1, -0.05) is 12.1 Å². The molecule has 0 saturated carbocycles. The predicted molar refractivity (Wildman–Crippen MR) is 62.6 cm³/mol. The number of nitrogens with one attached hydrogen (secondary N) is 1. The number of halogens is 1. The maximum Gasteiger partial charge on any atom is 0.118 e. The van der Waals surface area contributed by atoms with E-state index in [1.807, 2.05) is 24.3 Å². The third-order valence-electron chi connectivity index (χ3n) is 3.20. The van der Waals surface area contributed by atoms with E-state index in [9.17, 15) is 4.39 Å². The first-order chi connectivity index (χ1) is 7.79. The Morgan fingerprint density at radius 3 is 2.75 bits per heavy atom. The van der Waals surface area contributed by atoms with Gasteiger partial charge in [0.2, 0.25) is 0 Å². The van der Waals surface area contributed by atoms with Crippen molar-refractivity contribution in [2.75, 3.05) is 20.2 Å². The van der Waals surface area contributed by atoms with Gasteiger partial charge in [-0.2, -0.15) is 0 Å². The molecule has 16 heavy (non-hydrogen) atoms. The third-order valence-corrected chi connectivity index (χ3v) is 3.20. The van der Waals surface area contributed by atoms with Crippen LogP contribution < -0.4 is 10.1 Å². The molecule has 88 valence electrons. The Balaban J connectivity index is 1.96. The molecule has 1 fully saturated rings. The van der Waals surface area contributed by atoms with Crippen LogP contribution in [0.2, 0.25) is 0 Å². The zero-order chi connectivity index (χ0) is 11.4. The normalized spacial score (nSPS) is 25.4. The number of methoxy groups -OCH3 is 1. The van der Waals surface area contributed by atoms with Crippen molar-refractivity contribution in [2.45, 2.75) is 19.0 Å². The lowest BCUT2D eigenvalue weighted by Crippen LogP contribution is -2.38. The largest absolute Gasteiger partial charge is 0.497 e. The number of hydrogen-bond acceptors (Lipinski definition) is 2. The van der Waals surface area contributed by atoms with Gasteiger partial charge in [0.1, 0.15) is 11.9 Å². The van der Waals surface area contributed by atoms with E-state index in [1.165, 1.54) is 5.56 Å². The highest BCUT2D eigenvalue weighted by molar-refractivity contribution is 5.27. The van der Waals surface area contributed by atoms with E-state index in [2.05, 4.69) is 5.32 Å². The monoisotopic (exact) mass is 223 g/mol. The topological polar surface area (TPSA) is 21.3 Å². The van der Waals surface area contributed by atoms with Crippen molar-refractivity contribution >= 4 is 0 Å². The van der Waals surface area contributed by atoms with Crippen LogP contribution in [-0.2, 0) is 6.42 Å². The summed E-state index contributed by atoms with van der Waals surface area (Å²) in [4.78, 5) is 0. The molecule has 0 amide bonds. The van der Waals surface area contributed by atoms with Crippen LogP contribution >= 0.6 is 0 Å². The number of ether oxygens (including phenoxy) is 1. The standard InChI is InChI=1S/C13H18FNO/c1-16-12-4-2-10(3-5-12)8-11-6-7-15-9-13(11)14/h2-5,11,13,15H,6-9H2,1H3. The summed E-state index contributed by atoms with van der Waals surface area (Å²) in [6, 6.07) is 7.91. The first-order valence-electron chi connectivity index (χ1n) is 5.77. The average molecular weight is 223 g/mol. The highest BCUT2D eigenvalue weighted by Gasteiger charge is 2.24. The quantitative estimate of drug-likeness (QED) is 0.848. The zero-order valence-corrected chi connectivity index (χ0v) is 9.58. The third kappa shape index (κ3) is 2.73. The summed E-state index contributed by atoms with van der Waals surface area (Å²) < 4.78 is 18.7. The Hall–Kier alpha value is -1.09. The highest BCUT2D eigenvalue weighted by atomic mass is 19.1. The number of piperidine rings is 1. The van der Waals surface area contributed by atoms with Gasteiger partial charge >= 0.3 is 0 Å². The van der Waals surface area contributed by atoms with Crippen LogP contribution in [-0.4, -0.2) is 26.4 Å². The van der Waals surface area contributed by atoms with Crippen molar-refractivity contribution in [3.63, 3.8) is 0 Å². The van der Waals surface area contributed by atoms with Gasteiger partial charge in [-0.3, -0.25) is 0 Å². The maximum atomic E-state index is 13.6. The lowest BCUT2D eigenvalue weighted by molar-refractivity contribution is 0.179. The van der Waals surface area contributed by atoms with E-state index in [0.717, 1.165) is 25.1 Å². The van der Waals surface area contributed by atoms with E-state index in [4.69, 9.17) is 4.74 Å². The molecule has 1 heterocycles. The molecule has 1 aromatic rings. The number of rotatable bonds is 3. The van der Waals surface area contributed by atoms with Crippen LogP contribution in [0.3, 0.4) is 0 Å². The van der Waals surface area contributed by atoms with E-state index in [-0.39, 0.29) is 5.92 Å². The molecule has 3 heteroatoms. The molecular formula is C13H18FNO. The lowest BCUT2D eigenvalue weighted by atomic mass is 9.89. The van der Waals surface area contributed by atoms with Crippen molar-refractivity contribution in [2.24, 2.45) is 5.92 Å². The summed E-state index contributed by atoms with van der Waals surface area (Å²) in [7, 11) is 1.65. The van der Waals surface area contributed by atoms with Gasteiger partial charge in [-0.15, -0.1) is 0 Å². The number of benzene rings is 1. The summed E-state index contributed by atoms with van der Waals surface area (Å²) in [6.07, 6.45) is 1.04. The van der Waals surface area contributed by atoms with Crippen LogP contribution in [0, 0.1) is 5.92 Å². The van der Waals surface area contributed by atoms with E-state index < -0.39 is 6.17 Å². The molecule has 2 rings (SSSR count). The average Bonchev–Trinajstić information content (AvgIpc) is 2.33. The van der Waals surface area contributed by atoms with Gasteiger partial charge in [-0.25, -0.2) is 4.39 Å².